The maximum absolute atomic E-state index is 5.16. The van der Waals surface area contributed by atoms with Crippen LogP contribution in [0.1, 0.15) is 0 Å². The van der Waals surface area contributed by atoms with Crippen LogP contribution >= 0.6 is 0 Å². The number of fused-ring (bicyclic) bond motifs is 8. The third kappa shape index (κ3) is 5.22. The SMILES string of the molecule is c1ccc(-c2nc(-c3ccccc3)nc(-c3ccc(-n4c5ccccc5c5cccc(-n6ncc7c6ccc6c8ccccc8n(-c8ccccc8)c67)c54)cc3)n2)cc1. The molecule has 0 N–H and O–H groups in total. The van der Waals surface area contributed by atoms with Crippen molar-refractivity contribution in [2.75, 3.05) is 0 Å². The standard InChI is InChI=1S/C52H33N7/c1-4-15-34(16-5-1)50-54-51(35-17-6-2-7-18-35)56-52(55-50)36-27-29-38(30-28-36)58-45-25-13-10-21-39(45)41-23-14-26-47(49(41)58)59-46-32-31-42-40-22-11-12-24-44(40)57(37-19-8-3-9-20-37)48(42)43(46)33-53-59/h1-33H. The molecule has 0 amide bonds. The number of aromatic nitrogens is 7. The molecule has 12 rings (SSSR count). The second-order valence-electron chi connectivity index (χ2n) is 14.8. The molecule has 0 fully saturated rings. The fraction of sp³-hybridized carbons (Fsp3) is 0. The van der Waals surface area contributed by atoms with Gasteiger partial charge in [-0.3, -0.25) is 0 Å². The summed E-state index contributed by atoms with van der Waals surface area (Å²) in [5.74, 6) is 1.89. The Morgan fingerprint density at radius 3 is 1.39 bits per heavy atom. The normalized spacial score (nSPS) is 11.7. The Labute approximate surface area is 338 Å². The lowest BCUT2D eigenvalue weighted by atomic mass is 10.1. The van der Waals surface area contributed by atoms with Crippen molar-refractivity contribution in [2.24, 2.45) is 0 Å². The molecular formula is C52H33N7. The molecule has 0 saturated carbocycles. The first-order valence-electron chi connectivity index (χ1n) is 19.7. The van der Waals surface area contributed by atoms with Gasteiger partial charge in [0, 0.05) is 55.0 Å². The summed E-state index contributed by atoms with van der Waals surface area (Å²) in [5, 5.41) is 11.0. The summed E-state index contributed by atoms with van der Waals surface area (Å²) in [6.45, 7) is 0. The zero-order chi connectivity index (χ0) is 38.9. The lowest BCUT2D eigenvalue weighted by Crippen LogP contribution is -2.02. The molecule has 0 bridgehead atoms. The Morgan fingerprint density at radius 1 is 0.305 bits per heavy atom. The van der Waals surface area contributed by atoms with Crippen LogP contribution in [-0.4, -0.2) is 33.9 Å². The molecule has 0 atom stereocenters. The lowest BCUT2D eigenvalue weighted by Gasteiger charge is -2.13. The van der Waals surface area contributed by atoms with Gasteiger partial charge in [-0.25, -0.2) is 19.6 Å². The minimum atomic E-state index is 0.620. The van der Waals surface area contributed by atoms with E-state index >= 15 is 0 Å². The van der Waals surface area contributed by atoms with Crippen molar-refractivity contribution in [2.45, 2.75) is 0 Å². The van der Waals surface area contributed by atoms with Gasteiger partial charge in [0.25, 0.3) is 0 Å². The van der Waals surface area contributed by atoms with Crippen molar-refractivity contribution < 1.29 is 0 Å². The molecule has 0 spiro atoms. The summed E-state index contributed by atoms with van der Waals surface area (Å²) < 4.78 is 6.83. The molecular weight excluding hydrogens is 723 g/mol. The molecule has 7 heteroatoms. The van der Waals surface area contributed by atoms with Crippen molar-refractivity contribution in [3.8, 4) is 51.2 Å². The molecule has 0 radical (unpaired) electrons. The van der Waals surface area contributed by atoms with E-state index in [4.69, 9.17) is 20.1 Å². The summed E-state index contributed by atoms with van der Waals surface area (Å²) in [6, 6.07) is 67.6. The first-order valence-corrected chi connectivity index (χ1v) is 19.7. The van der Waals surface area contributed by atoms with Crippen LogP contribution in [0.5, 0.6) is 0 Å². The van der Waals surface area contributed by atoms with Crippen LogP contribution in [0.25, 0.3) is 106 Å². The number of rotatable bonds is 6. The van der Waals surface area contributed by atoms with Gasteiger partial charge < -0.3 is 9.13 Å². The zero-order valence-electron chi connectivity index (χ0n) is 31.7. The number of para-hydroxylation sites is 4. The van der Waals surface area contributed by atoms with Gasteiger partial charge >= 0.3 is 0 Å². The van der Waals surface area contributed by atoms with E-state index in [1.54, 1.807) is 0 Å². The van der Waals surface area contributed by atoms with Gasteiger partial charge in [0.05, 0.1) is 39.5 Å². The highest BCUT2D eigenvalue weighted by molar-refractivity contribution is 6.19. The van der Waals surface area contributed by atoms with E-state index in [0.717, 1.165) is 66.6 Å². The first-order chi connectivity index (χ1) is 29.3. The molecule has 0 saturated heterocycles. The zero-order valence-corrected chi connectivity index (χ0v) is 31.7. The summed E-state index contributed by atoms with van der Waals surface area (Å²) in [5.41, 5.74) is 11.5. The van der Waals surface area contributed by atoms with Gasteiger partial charge in [0.2, 0.25) is 0 Å². The van der Waals surface area contributed by atoms with E-state index in [2.05, 4.69) is 147 Å². The Kier molecular flexibility index (Phi) is 7.40. The van der Waals surface area contributed by atoms with Crippen LogP contribution in [0.3, 0.4) is 0 Å². The van der Waals surface area contributed by atoms with Crippen molar-refractivity contribution in [3.05, 3.63) is 200 Å². The van der Waals surface area contributed by atoms with Crippen molar-refractivity contribution in [3.63, 3.8) is 0 Å². The van der Waals surface area contributed by atoms with Gasteiger partial charge in [0.1, 0.15) is 0 Å². The van der Waals surface area contributed by atoms with Crippen LogP contribution in [0.4, 0.5) is 0 Å². The quantitative estimate of drug-likeness (QED) is 0.169. The third-order valence-corrected chi connectivity index (χ3v) is 11.4. The Morgan fingerprint density at radius 2 is 0.780 bits per heavy atom. The molecule has 0 aliphatic heterocycles. The average Bonchev–Trinajstić information content (AvgIpc) is 4.00. The molecule has 59 heavy (non-hydrogen) atoms. The smallest absolute Gasteiger partial charge is 0.164 e. The molecule has 276 valence electrons. The minimum Gasteiger partial charge on any atom is -0.309 e. The second kappa shape index (κ2) is 13.2. The molecule has 8 aromatic carbocycles. The van der Waals surface area contributed by atoms with Gasteiger partial charge in [-0.15, -0.1) is 0 Å². The van der Waals surface area contributed by atoms with Crippen molar-refractivity contribution >= 4 is 54.5 Å². The van der Waals surface area contributed by atoms with Crippen molar-refractivity contribution in [1.82, 2.24) is 33.9 Å². The number of benzene rings is 8. The summed E-state index contributed by atoms with van der Waals surface area (Å²) in [6.07, 6.45) is 2.03. The molecule has 4 aromatic heterocycles. The average molecular weight is 756 g/mol. The molecule has 0 unspecified atom stereocenters. The number of hydrogen-bond acceptors (Lipinski definition) is 4. The first kappa shape index (κ1) is 33.0. The van der Waals surface area contributed by atoms with Crippen LogP contribution in [-0.2, 0) is 0 Å². The van der Waals surface area contributed by atoms with E-state index < -0.39 is 0 Å². The minimum absolute atomic E-state index is 0.620. The predicted molar refractivity (Wildman–Crippen MR) is 239 cm³/mol. The Balaban J connectivity index is 1.04. The van der Waals surface area contributed by atoms with Gasteiger partial charge in [-0.05, 0) is 66.7 Å². The van der Waals surface area contributed by atoms with E-state index in [0.29, 0.717) is 17.5 Å². The van der Waals surface area contributed by atoms with Crippen LogP contribution in [0.15, 0.2) is 200 Å². The van der Waals surface area contributed by atoms with Crippen molar-refractivity contribution in [1.29, 1.82) is 0 Å². The van der Waals surface area contributed by atoms with Crippen LogP contribution in [0, 0.1) is 0 Å². The fourth-order valence-corrected chi connectivity index (χ4v) is 8.74. The van der Waals surface area contributed by atoms with Gasteiger partial charge in [0.15, 0.2) is 17.5 Å². The molecule has 7 nitrogen and oxygen atoms in total. The maximum atomic E-state index is 5.16. The van der Waals surface area contributed by atoms with Crippen LogP contribution in [0.2, 0.25) is 0 Å². The van der Waals surface area contributed by atoms with Gasteiger partial charge in [-0.2, -0.15) is 5.10 Å². The Bertz CT molecular complexity index is 3470. The van der Waals surface area contributed by atoms with Gasteiger partial charge in [-0.1, -0.05) is 127 Å². The number of hydrogen-bond donors (Lipinski definition) is 0. The second-order valence-corrected chi connectivity index (χ2v) is 14.8. The lowest BCUT2D eigenvalue weighted by molar-refractivity contribution is 0.912. The van der Waals surface area contributed by atoms with Crippen LogP contribution < -0.4 is 0 Å². The Hall–Kier alpha value is -8.16. The highest BCUT2D eigenvalue weighted by Gasteiger charge is 2.21. The molecule has 12 aromatic rings. The van der Waals surface area contributed by atoms with E-state index in [9.17, 15) is 0 Å². The maximum Gasteiger partial charge on any atom is 0.164 e. The molecule has 0 aliphatic rings. The van der Waals surface area contributed by atoms with E-state index in [1.807, 2.05) is 66.9 Å². The molecule has 0 aliphatic carbocycles. The molecule has 4 heterocycles. The fourth-order valence-electron chi connectivity index (χ4n) is 8.74. The topological polar surface area (TPSA) is 66.3 Å². The monoisotopic (exact) mass is 755 g/mol. The highest BCUT2D eigenvalue weighted by Crippen LogP contribution is 2.40. The summed E-state index contributed by atoms with van der Waals surface area (Å²) in [4.78, 5) is 14.9. The van der Waals surface area contributed by atoms with E-state index in [-0.39, 0.29) is 0 Å². The highest BCUT2D eigenvalue weighted by atomic mass is 15.3. The van der Waals surface area contributed by atoms with E-state index in [1.165, 1.54) is 21.7 Å². The predicted octanol–water partition coefficient (Wildman–Crippen LogP) is 12.4. The number of nitrogens with zero attached hydrogens (tertiary/aromatic N) is 7. The summed E-state index contributed by atoms with van der Waals surface area (Å²) in [7, 11) is 0. The largest absolute Gasteiger partial charge is 0.309 e. The summed E-state index contributed by atoms with van der Waals surface area (Å²) >= 11 is 0. The third-order valence-electron chi connectivity index (χ3n) is 11.4.